The van der Waals surface area contributed by atoms with Crippen LogP contribution in [0, 0.1) is 5.92 Å². The van der Waals surface area contributed by atoms with Gasteiger partial charge in [-0.25, -0.2) is 0 Å². The largest absolute Gasteiger partial charge is 0.310 e. The maximum absolute atomic E-state index is 3.48. The highest BCUT2D eigenvalue weighted by Gasteiger charge is 2.38. The molecule has 1 heteroatoms. The Morgan fingerprint density at radius 2 is 1.88 bits per heavy atom. The summed E-state index contributed by atoms with van der Waals surface area (Å²) in [6.07, 6.45) is 1.19. The molecule has 1 heterocycles. The van der Waals surface area contributed by atoms with Crippen LogP contribution in [-0.2, 0) is 6.42 Å². The van der Waals surface area contributed by atoms with Gasteiger partial charge in [0.25, 0.3) is 0 Å². The van der Waals surface area contributed by atoms with Gasteiger partial charge in [-0.1, -0.05) is 38.1 Å². The van der Waals surface area contributed by atoms with Crippen molar-refractivity contribution in [1.29, 1.82) is 0 Å². The average molecular weight is 217 g/mol. The van der Waals surface area contributed by atoms with Gasteiger partial charge in [-0.2, -0.15) is 0 Å². The van der Waals surface area contributed by atoms with Gasteiger partial charge in [0, 0.05) is 18.0 Å². The van der Waals surface area contributed by atoms with Crippen LogP contribution in [0.1, 0.15) is 44.7 Å². The first-order chi connectivity index (χ1) is 7.49. The Labute approximate surface area is 99.3 Å². The molecule has 1 saturated heterocycles. The molecule has 1 aliphatic heterocycles. The molecule has 1 aromatic carbocycles. The van der Waals surface area contributed by atoms with E-state index in [0.29, 0.717) is 5.92 Å². The Kier molecular flexibility index (Phi) is 3.07. The van der Waals surface area contributed by atoms with Gasteiger partial charge < -0.3 is 5.32 Å². The summed E-state index contributed by atoms with van der Waals surface area (Å²) in [6.45, 7) is 10.2. The van der Waals surface area contributed by atoms with Gasteiger partial charge in [-0.3, -0.25) is 0 Å². The summed E-state index contributed by atoms with van der Waals surface area (Å²) in [5.41, 5.74) is 3.22. The topological polar surface area (TPSA) is 12.0 Å². The predicted octanol–water partition coefficient (Wildman–Crippen LogP) is 3.35. The Hall–Kier alpha value is -0.820. The molecule has 0 radical (unpaired) electrons. The molecular weight excluding hydrogens is 194 g/mol. The van der Waals surface area contributed by atoms with E-state index < -0.39 is 0 Å². The molecule has 88 valence electrons. The Balaban J connectivity index is 2.08. The van der Waals surface area contributed by atoms with E-state index in [2.05, 4.69) is 57.3 Å². The van der Waals surface area contributed by atoms with Crippen molar-refractivity contribution in [3.8, 4) is 0 Å². The summed E-state index contributed by atoms with van der Waals surface area (Å²) in [7, 11) is 0. The molecular formula is C15H23N. The molecule has 16 heavy (non-hydrogen) atoms. The van der Waals surface area contributed by atoms with Crippen LogP contribution in [0.25, 0.3) is 0 Å². The van der Waals surface area contributed by atoms with Crippen molar-refractivity contribution in [2.45, 2.75) is 45.6 Å². The molecule has 1 aromatic rings. The maximum atomic E-state index is 3.48. The molecule has 0 bridgehead atoms. The van der Waals surface area contributed by atoms with Crippen LogP contribution in [0.3, 0.4) is 0 Å². The van der Waals surface area contributed by atoms with Gasteiger partial charge in [0.1, 0.15) is 0 Å². The molecule has 0 spiro atoms. The molecule has 0 saturated carbocycles. The van der Waals surface area contributed by atoms with Crippen molar-refractivity contribution in [2.24, 2.45) is 5.92 Å². The van der Waals surface area contributed by atoms with Crippen LogP contribution in [0.15, 0.2) is 24.3 Å². The summed E-state index contributed by atoms with van der Waals surface area (Å²) in [6, 6.07) is 9.21. The minimum absolute atomic E-state index is 0.277. The lowest BCUT2D eigenvalue weighted by atomic mass is 9.75. The lowest BCUT2D eigenvalue weighted by Crippen LogP contribution is -2.59. The summed E-state index contributed by atoms with van der Waals surface area (Å²) < 4.78 is 0. The fraction of sp³-hybridized carbons (Fsp3) is 0.600. The highest BCUT2D eigenvalue weighted by molar-refractivity contribution is 5.30. The molecule has 0 aliphatic carbocycles. The summed E-state index contributed by atoms with van der Waals surface area (Å²) in [4.78, 5) is 0. The van der Waals surface area contributed by atoms with E-state index in [9.17, 15) is 0 Å². The van der Waals surface area contributed by atoms with Crippen LogP contribution >= 0.6 is 0 Å². The van der Waals surface area contributed by atoms with E-state index in [1.165, 1.54) is 17.5 Å². The van der Waals surface area contributed by atoms with Gasteiger partial charge in [-0.05, 0) is 37.3 Å². The van der Waals surface area contributed by atoms with E-state index in [-0.39, 0.29) is 5.54 Å². The first-order valence-electron chi connectivity index (χ1n) is 6.33. The zero-order chi connectivity index (χ0) is 11.8. The van der Waals surface area contributed by atoms with Crippen LogP contribution in [0.2, 0.25) is 0 Å². The van der Waals surface area contributed by atoms with Crippen molar-refractivity contribution in [1.82, 2.24) is 5.32 Å². The van der Waals surface area contributed by atoms with Gasteiger partial charge >= 0.3 is 0 Å². The highest BCUT2D eigenvalue weighted by atomic mass is 15.1. The maximum Gasteiger partial charge on any atom is 0.0206 e. The number of benzene rings is 1. The van der Waals surface area contributed by atoms with E-state index in [4.69, 9.17) is 0 Å². The van der Waals surface area contributed by atoms with Gasteiger partial charge in [0.2, 0.25) is 0 Å². The third kappa shape index (κ3) is 2.30. The first kappa shape index (κ1) is 11.7. The Bertz CT molecular complexity index is 348. The van der Waals surface area contributed by atoms with Crippen molar-refractivity contribution in [3.05, 3.63) is 35.4 Å². The van der Waals surface area contributed by atoms with Gasteiger partial charge in [0.05, 0.1) is 0 Å². The van der Waals surface area contributed by atoms with Crippen LogP contribution in [-0.4, -0.2) is 12.1 Å². The lowest BCUT2D eigenvalue weighted by molar-refractivity contribution is 0.208. The quantitative estimate of drug-likeness (QED) is 0.818. The normalized spacial score (nSPS) is 23.2. The van der Waals surface area contributed by atoms with Crippen LogP contribution < -0.4 is 5.32 Å². The number of nitrogens with one attached hydrogen (secondary N) is 1. The first-order valence-corrected chi connectivity index (χ1v) is 6.33. The average Bonchev–Trinajstić information content (AvgIpc) is 2.19. The third-order valence-corrected chi connectivity index (χ3v) is 3.66. The zero-order valence-electron chi connectivity index (χ0n) is 10.9. The minimum Gasteiger partial charge on any atom is -0.310 e. The number of hydrogen-bond acceptors (Lipinski definition) is 1. The second kappa shape index (κ2) is 4.21. The Morgan fingerprint density at radius 1 is 1.25 bits per heavy atom. The van der Waals surface area contributed by atoms with Gasteiger partial charge in [0.15, 0.2) is 0 Å². The molecule has 1 atom stereocenters. The fourth-order valence-corrected chi connectivity index (χ4v) is 2.50. The smallest absolute Gasteiger partial charge is 0.0206 e. The molecule has 0 aromatic heterocycles. The van der Waals surface area contributed by atoms with Crippen LogP contribution in [0.5, 0.6) is 0 Å². The summed E-state index contributed by atoms with van der Waals surface area (Å²) in [5, 5.41) is 3.48. The van der Waals surface area contributed by atoms with E-state index in [0.717, 1.165) is 12.5 Å². The summed E-state index contributed by atoms with van der Waals surface area (Å²) >= 11 is 0. The molecule has 0 amide bonds. The highest BCUT2D eigenvalue weighted by Crippen LogP contribution is 2.34. The third-order valence-electron chi connectivity index (χ3n) is 3.66. The van der Waals surface area contributed by atoms with Crippen molar-refractivity contribution >= 4 is 0 Å². The molecule has 1 fully saturated rings. The SMILES string of the molecule is CC(C)Cc1ccc(C2CNC2(C)C)cc1. The van der Waals surface area contributed by atoms with Crippen molar-refractivity contribution in [3.63, 3.8) is 0 Å². The Morgan fingerprint density at radius 3 is 2.25 bits per heavy atom. The predicted molar refractivity (Wildman–Crippen MR) is 69.8 cm³/mol. The van der Waals surface area contributed by atoms with Crippen LogP contribution in [0.4, 0.5) is 0 Å². The van der Waals surface area contributed by atoms with E-state index in [1.807, 2.05) is 0 Å². The fourth-order valence-electron chi connectivity index (χ4n) is 2.50. The minimum atomic E-state index is 0.277. The van der Waals surface area contributed by atoms with Crippen molar-refractivity contribution < 1.29 is 0 Å². The van der Waals surface area contributed by atoms with E-state index in [1.54, 1.807) is 0 Å². The standard InChI is InChI=1S/C15H23N/c1-11(2)9-12-5-7-13(8-6-12)14-10-16-15(14,3)4/h5-8,11,14,16H,9-10H2,1-4H3. The second-order valence-corrected chi connectivity index (χ2v) is 5.99. The number of rotatable bonds is 3. The molecule has 1 nitrogen and oxygen atoms in total. The lowest BCUT2D eigenvalue weighted by Gasteiger charge is -2.46. The van der Waals surface area contributed by atoms with Crippen molar-refractivity contribution in [2.75, 3.05) is 6.54 Å². The monoisotopic (exact) mass is 217 g/mol. The molecule has 1 N–H and O–H groups in total. The second-order valence-electron chi connectivity index (χ2n) is 5.99. The zero-order valence-corrected chi connectivity index (χ0v) is 10.9. The molecule has 1 unspecified atom stereocenters. The van der Waals surface area contributed by atoms with Gasteiger partial charge in [-0.15, -0.1) is 0 Å². The molecule has 2 rings (SSSR count). The molecule has 1 aliphatic rings. The van der Waals surface area contributed by atoms with E-state index >= 15 is 0 Å². The number of hydrogen-bond donors (Lipinski definition) is 1. The summed E-state index contributed by atoms with van der Waals surface area (Å²) in [5.74, 6) is 1.42.